The molecule has 0 atom stereocenters. The molecule has 0 aliphatic heterocycles. The molecule has 0 saturated heterocycles. The Morgan fingerprint density at radius 1 is 1.26 bits per heavy atom. The molecule has 0 unspecified atom stereocenters. The second-order valence-electron chi connectivity index (χ2n) is 4.63. The number of carbonyl (C=O) groups is 1. The zero-order chi connectivity index (χ0) is 16.6. The summed E-state index contributed by atoms with van der Waals surface area (Å²) in [5, 5.41) is 9.09. The van der Waals surface area contributed by atoms with Crippen molar-refractivity contribution in [1.82, 2.24) is 9.38 Å². The molecule has 0 spiro atoms. The lowest BCUT2D eigenvalue weighted by atomic mass is 10.3. The number of hydrogen-bond acceptors (Lipinski definition) is 6. The van der Waals surface area contributed by atoms with E-state index in [-0.39, 0.29) is 5.56 Å². The smallest absolute Gasteiger partial charge is 0.342 e. The van der Waals surface area contributed by atoms with Gasteiger partial charge in [0.25, 0.3) is 5.56 Å². The van der Waals surface area contributed by atoms with Gasteiger partial charge in [0.15, 0.2) is 16.5 Å². The lowest BCUT2D eigenvalue weighted by molar-refractivity contribution is 0.0694. The Labute approximate surface area is 134 Å². The molecule has 2 heterocycles. The number of carboxylic acids is 1. The van der Waals surface area contributed by atoms with Crippen molar-refractivity contribution in [3.05, 3.63) is 34.2 Å². The number of aromatic carboxylic acids is 1. The Morgan fingerprint density at radius 2 is 1.91 bits per heavy atom. The Balaban J connectivity index is 2.36. The fraction of sp³-hybridized carbons (Fsp3) is 0.267. The van der Waals surface area contributed by atoms with Crippen LogP contribution in [-0.2, 0) is 0 Å². The third-order valence-corrected chi connectivity index (χ3v) is 4.24. The fourth-order valence-corrected chi connectivity index (χ4v) is 3.29. The van der Waals surface area contributed by atoms with E-state index in [1.807, 2.05) is 13.8 Å². The number of carboxylic acid groups (broad SMARTS) is 1. The summed E-state index contributed by atoms with van der Waals surface area (Å²) in [5.74, 6) is -0.207. The minimum absolute atomic E-state index is 0.367. The molecule has 1 N–H and O–H groups in total. The Morgan fingerprint density at radius 3 is 2.52 bits per heavy atom. The molecule has 2 aromatic heterocycles. The average molecular weight is 334 g/mol. The largest absolute Gasteiger partial charge is 0.490 e. The SMILES string of the molecule is CCOc1cc2sc3ncc(C(=O)O)c(=O)n3c2cc1OCC. The summed E-state index contributed by atoms with van der Waals surface area (Å²) in [7, 11) is 0. The summed E-state index contributed by atoms with van der Waals surface area (Å²) in [6, 6.07) is 3.46. The highest BCUT2D eigenvalue weighted by molar-refractivity contribution is 7.23. The third-order valence-electron chi connectivity index (χ3n) is 3.23. The van der Waals surface area contributed by atoms with Crippen LogP contribution in [0.4, 0.5) is 0 Å². The number of thiazole rings is 1. The van der Waals surface area contributed by atoms with Crippen LogP contribution in [0.1, 0.15) is 24.2 Å². The molecule has 0 radical (unpaired) electrons. The van der Waals surface area contributed by atoms with Crippen molar-refractivity contribution >= 4 is 32.5 Å². The molecular formula is C15H14N2O5S. The maximum absolute atomic E-state index is 12.4. The van der Waals surface area contributed by atoms with E-state index in [1.165, 1.54) is 15.7 Å². The zero-order valence-electron chi connectivity index (χ0n) is 12.5. The van der Waals surface area contributed by atoms with Crippen molar-refractivity contribution < 1.29 is 19.4 Å². The monoisotopic (exact) mass is 334 g/mol. The predicted octanol–water partition coefficient (Wildman–Crippen LogP) is 2.40. The van der Waals surface area contributed by atoms with Gasteiger partial charge in [-0.2, -0.15) is 0 Å². The van der Waals surface area contributed by atoms with Gasteiger partial charge in [0.05, 0.1) is 29.6 Å². The molecule has 0 saturated carbocycles. The second-order valence-corrected chi connectivity index (χ2v) is 5.64. The van der Waals surface area contributed by atoms with Gasteiger partial charge in [0.1, 0.15) is 5.56 Å². The molecule has 120 valence electrons. The zero-order valence-corrected chi connectivity index (χ0v) is 13.3. The van der Waals surface area contributed by atoms with Gasteiger partial charge in [-0.15, -0.1) is 0 Å². The maximum atomic E-state index is 12.4. The Kier molecular flexibility index (Phi) is 3.91. The molecule has 0 amide bonds. The molecule has 0 aliphatic rings. The molecule has 1 aromatic carbocycles. The van der Waals surface area contributed by atoms with Gasteiger partial charge in [-0.25, -0.2) is 9.78 Å². The molecule has 23 heavy (non-hydrogen) atoms. The quantitative estimate of drug-likeness (QED) is 0.770. The van der Waals surface area contributed by atoms with Crippen LogP contribution in [0.25, 0.3) is 15.2 Å². The van der Waals surface area contributed by atoms with E-state index >= 15 is 0 Å². The molecular weight excluding hydrogens is 320 g/mol. The summed E-state index contributed by atoms with van der Waals surface area (Å²) >= 11 is 1.29. The first-order valence-corrected chi connectivity index (χ1v) is 7.85. The minimum atomic E-state index is -1.30. The van der Waals surface area contributed by atoms with E-state index in [4.69, 9.17) is 14.6 Å². The van der Waals surface area contributed by atoms with Crippen molar-refractivity contribution in [2.24, 2.45) is 0 Å². The van der Waals surface area contributed by atoms with Gasteiger partial charge in [-0.05, 0) is 13.8 Å². The highest BCUT2D eigenvalue weighted by atomic mass is 32.1. The van der Waals surface area contributed by atoms with Crippen molar-refractivity contribution in [1.29, 1.82) is 0 Å². The molecule has 7 nitrogen and oxygen atoms in total. The number of nitrogens with zero attached hydrogens (tertiary/aromatic N) is 2. The second kappa shape index (κ2) is 5.88. The van der Waals surface area contributed by atoms with Crippen molar-refractivity contribution in [2.75, 3.05) is 13.2 Å². The van der Waals surface area contributed by atoms with Gasteiger partial charge in [-0.1, -0.05) is 11.3 Å². The van der Waals surface area contributed by atoms with Crippen LogP contribution >= 0.6 is 11.3 Å². The lowest BCUT2D eigenvalue weighted by Gasteiger charge is -2.10. The average Bonchev–Trinajstić information content (AvgIpc) is 2.86. The van der Waals surface area contributed by atoms with E-state index in [0.717, 1.165) is 10.9 Å². The van der Waals surface area contributed by atoms with Gasteiger partial charge in [0.2, 0.25) is 0 Å². The number of aromatic nitrogens is 2. The normalized spacial score (nSPS) is 11.0. The predicted molar refractivity (Wildman–Crippen MR) is 86.1 cm³/mol. The van der Waals surface area contributed by atoms with E-state index in [1.54, 1.807) is 12.1 Å². The maximum Gasteiger partial charge on any atom is 0.342 e. The number of benzene rings is 1. The van der Waals surface area contributed by atoms with Gasteiger partial charge in [0, 0.05) is 12.1 Å². The van der Waals surface area contributed by atoms with Crippen molar-refractivity contribution in [2.45, 2.75) is 13.8 Å². The highest BCUT2D eigenvalue weighted by Crippen LogP contribution is 2.36. The van der Waals surface area contributed by atoms with E-state index in [9.17, 15) is 9.59 Å². The van der Waals surface area contributed by atoms with Gasteiger partial charge < -0.3 is 14.6 Å². The van der Waals surface area contributed by atoms with Crippen molar-refractivity contribution in [3.8, 4) is 11.5 Å². The molecule has 0 aliphatic carbocycles. The first kappa shape index (κ1) is 15.3. The first-order valence-electron chi connectivity index (χ1n) is 7.04. The fourth-order valence-electron chi connectivity index (χ4n) is 2.29. The molecule has 0 bridgehead atoms. The van der Waals surface area contributed by atoms with Crippen LogP contribution in [0.2, 0.25) is 0 Å². The topological polar surface area (TPSA) is 90.1 Å². The van der Waals surface area contributed by atoms with Crippen LogP contribution < -0.4 is 15.0 Å². The van der Waals surface area contributed by atoms with Crippen LogP contribution in [0.5, 0.6) is 11.5 Å². The van der Waals surface area contributed by atoms with Crippen LogP contribution in [0.3, 0.4) is 0 Å². The minimum Gasteiger partial charge on any atom is -0.490 e. The lowest BCUT2D eigenvalue weighted by Crippen LogP contribution is -2.21. The number of ether oxygens (including phenoxy) is 2. The molecule has 3 aromatic rings. The Bertz CT molecular complexity index is 960. The summed E-state index contributed by atoms with van der Waals surface area (Å²) in [4.78, 5) is 28.0. The summed E-state index contributed by atoms with van der Waals surface area (Å²) in [6.07, 6.45) is 1.09. The van der Waals surface area contributed by atoms with Crippen LogP contribution in [0.15, 0.2) is 23.1 Å². The molecule has 0 fully saturated rings. The number of hydrogen-bond donors (Lipinski definition) is 1. The first-order chi connectivity index (χ1) is 11.1. The third kappa shape index (κ3) is 2.50. The van der Waals surface area contributed by atoms with E-state index in [0.29, 0.717) is 35.2 Å². The Hall–Kier alpha value is -2.61. The van der Waals surface area contributed by atoms with Crippen LogP contribution in [0, 0.1) is 0 Å². The summed E-state index contributed by atoms with van der Waals surface area (Å²) < 4.78 is 13.2. The number of fused-ring (bicyclic) bond motifs is 3. The molecule has 8 heteroatoms. The summed E-state index contributed by atoms with van der Waals surface area (Å²) in [6.45, 7) is 4.65. The van der Waals surface area contributed by atoms with E-state index < -0.39 is 11.5 Å². The van der Waals surface area contributed by atoms with E-state index in [2.05, 4.69) is 4.98 Å². The molecule has 3 rings (SSSR count). The van der Waals surface area contributed by atoms with Gasteiger partial charge in [-0.3, -0.25) is 9.20 Å². The standard InChI is InChI=1S/C15H14N2O5S/c1-3-21-10-5-9-12(6-11(10)22-4-2)23-15-16-7-8(14(19)20)13(18)17(9)15/h5-7H,3-4H2,1-2H3,(H,19,20). The highest BCUT2D eigenvalue weighted by Gasteiger charge is 2.17. The van der Waals surface area contributed by atoms with Crippen molar-refractivity contribution in [3.63, 3.8) is 0 Å². The number of rotatable bonds is 5. The van der Waals surface area contributed by atoms with Crippen LogP contribution in [-0.4, -0.2) is 33.7 Å². The summed E-state index contributed by atoms with van der Waals surface area (Å²) in [5.41, 5.74) is -0.424. The van der Waals surface area contributed by atoms with Gasteiger partial charge >= 0.3 is 5.97 Å².